The van der Waals surface area contributed by atoms with Crippen LogP contribution in [-0.2, 0) is 22.8 Å². The van der Waals surface area contributed by atoms with Gasteiger partial charge in [0.05, 0.1) is 17.9 Å². The first kappa shape index (κ1) is 19.8. The molecule has 1 aromatic heterocycles. The van der Waals surface area contributed by atoms with E-state index >= 15 is 0 Å². The molecule has 8 heteroatoms. The zero-order valence-electron chi connectivity index (χ0n) is 11.2. The predicted octanol–water partition coefficient (Wildman–Crippen LogP) is 3.26. The van der Waals surface area contributed by atoms with Crippen LogP contribution < -0.4 is 0 Å². The van der Waals surface area contributed by atoms with E-state index in [0.29, 0.717) is 5.69 Å². The van der Waals surface area contributed by atoms with Crippen molar-refractivity contribution in [2.24, 2.45) is 0 Å². The van der Waals surface area contributed by atoms with E-state index < -0.39 is 5.51 Å². The Morgan fingerprint density at radius 2 is 1.50 bits per heavy atom. The second kappa shape index (κ2) is 9.83. The Kier molecular flexibility index (Phi) is 8.87. The van der Waals surface area contributed by atoms with Crippen LogP contribution in [0.5, 0.6) is 0 Å². The second-order valence-electron chi connectivity index (χ2n) is 3.99. The molecule has 0 saturated heterocycles. The van der Waals surface area contributed by atoms with Crippen molar-refractivity contribution >= 4 is 11.8 Å². The van der Waals surface area contributed by atoms with E-state index in [-0.39, 0.29) is 34.6 Å². The van der Waals surface area contributed by atoms with Gasteiger partial charge in [-0.15, -0.1) is 5.10 Å². The smallest absolute Gasteiger partial charge is 0.243 e. The van der Waals surface area contributed by atoms with Gasteiger partial charge in [-0.2, -0.15) is 13.2 Å². The van der Waals surface area contributed by atoms with Crippen LogP contribution in [-0.4, -0.2) is 20.5 Å². The maximum Gasteiger partial charge on any atom is 2.00 e. The predicted molar refractivity (Wildman–Crippen MR) is 74.7 cm³/mol. The van der Waals surface area contributed by atoms with Crippen LogP contribution in [0.1, 0.15) is 5.69 Å². The number of rotatable bonds is 3. The van der Waals surface area contributed by atoms with Gasteiger partial charge in [0.1, 0.15) is 0 Å². The average Bonchev–Trinajstić information content (AvgIpc) is 3.17. The molecule has 10 radical (unpaired) electrons. The monoisotopic (exact) mass is 367 g/mol. The molecule has 22 heavy (non-hydrogen) atoms. The van der Waals surface area contributed by atoms with Crippen molar-refractivity contribution in [3.05, 3.63) is 75.7 Å². The summed E-state index contributed by atoms with van der Waals surface area (Å²) < 4.78 is 37.2. The summed E-state index contributed by atoms with van der Waals surface area (Å²) >= 11 is -0.119. The summed E-state index contributed by atoms with van der Waals surface area (Å²) in [6.45, 7) is 0. The number of hydrogen-bond donors (Lipinski definition) is 0. The van der Waals surface area contributed by atoms with Gasteiger partial charge in [0.25, 0.3) is 0 Å². The first-order valence-electron chi connectivity index (χ1n) is 6.05. The van der Waals surface area contributed by atoms with Gasteiger partial charge in [0, 0.05) is 5.75 Å². The van der Waals surface area contributed by atoms with Gasteiger partial charge in [0.2, 0.25) is 0 Å². The number of hydrogen-bond acceptors (Lipinski definition) is 3. The van der Waals surface area contributed by atoms with E-state index in [0.717, 1.165) is 6.04 Å². The van der Waals surface area contributed by atoms with Crippen molar-refractivity contribution in [2.75, 3.05) is 0 Å². The number of thioether (sulfide) groups is 1. The van der Waals surface area contributed by atoms with Gasteiger partial charge >= 0.3 is 22.6 Å². The minimum absolute atomic E-state index is 0. The maximum atomic E-state index is 11.9. The summed E-state index contributed by atoms with van der Waals surface area (Å²) in [7, 11) is 0. The van der Waals surface area contributed by atoms with Crippen molar-refractivity contribution in [3.63, 3.8) is 0 Å². The van der Waals surface area contributed by atoms with Crippen LogP contribution in [0.2, 0.25) is 0 Å². The third kappa shape index (κ3) is 7.38. The second-order valence-corrected chi connectivity index (χ2v) is 5.03. The summed E-state index contributed by atoms with van der Waals surface area (Å²) in [5, 5.41) is 7.41. The zero-order chi connectivity index (χ0) is 15.1. The van der Waals surface area contributed by atoms with Gasteiger partial charge in [0.15, 0.2) is 0 Å². The Morgan fingerprint density at radius 1 is 0.955 bits per heavy atom. The van der Waals surface area contributed by atoms with Gasteiger partial charge in [-0.25, -0.2) is 4.68 Å². The fraction of sp³-hybridized carbons (Fsp3) is 0.143. The molecule has 0 aliphatic heterocycles. The molecule has 2 aliphatic carbocycles. The van der Waals surface area contributed by atoms with E-state index in [1.165, 1.54) is 10.9 Å². The molecular formula is C14H12F3FeN3S+2. The van der Waals surface area contributed by atoms with Gasteiger partial charge < -0.3 is 0 Å². The van der Waals surface area contributed by atoms with Crippen molar-refractivity contribution in [2.45, 2.75) is 11.3 Å². The molecule has 2 saturated carbocycles. The Balaban J connectivity index is 0.000000344. The first-order chi connectivity index (χ1) is 10.0. The van der Waals surface area contributed by atoms with Crippen molar-refractivity contribution < 1.29 is 30.2 Å². The molecule has 0 amide bonds. The van der Waals surface area contributed by atoms with E-state index in [2.05, 4.69) is 10.3 Å². The van der Waals surface area contributed by atoms with Crippen LogP contribution in [0.15, 0.2) is 6.20 Å². The molecule has 116 valence electrons. The molecule has 2 fully saturated rings. The van der Waals surface area contributed by atoms with Gasteiger partial charge in [-0.3, -0.25) is 0 Å². The van der Waals surface area contributed by atoms with Crippen LogP contribution >= 0.6 is 11.8 Å². The number of alkyl halides is 3. The van der Waals surface area contributed by atoms with Gasteiger partial charge in [-0.1, -0.05) is 5.21 Å². The maximum absolute atomic E-state index is 11.9. The molecule has 2 aliphatic rings. The summed E-state index contributed by atoms with van der Waals surface area (Å²) in [4.78, 5) is 0. The number of nitrogens with zero attached hydrogens (tertiary/aromatic N) is 3. The molecule has 3 rings (SSSR count). The standard InChI is InChI=1S/C9H7F3N3S.C5H5.Fe/c10-9(11,12)16-6-7-5-15(14-13-7)8-3-1-2-4-8;1-2-4-5-3-1;/h1-5H,6H2;1-5H;/q;;+2. The molecule has 0 aromatic carbocycles. The largest absolute Gasteiger partial charge is 2.00 e. The first-order valence-corrected chi connectivity index (χ1v) is 7.04. The third-order valence-corrected chi connectivity index (χ3v) is 3.16. The minimum Gasteiger partial charge on any atom is -0.243 e. The number of halogens is 3. The molecule has 0 unspecified atom stereocenters. The van der Waals surface area contributed by atoms with Crippen molar-refractivity contribution in [1.82, 2.24) is 15.0 Å². The topological polar surface area (TPSA) is 30.7 Å². The Hall–Kier alpha value is -0.201. The van der Waals surface area contributed by atoms with Crippen LogP contribution in [0.25, 0.3) is 0 Å². The molecule has 0 N–H and O–H groups in total. The molecule has 0 bridgehead atoms. The SMILES string of the molecule is FC(F)(F)SCc1cn([C]2[CH][CH][CH][CH]2)nn1.[CH]1[CH][CH][CH][CH]1.[Fe+2]. The number of aromatic nitrogens is 3. The van der Waals surface area contributed by atoms with Gasteiger partial charge in [-0.05, 0) is 69.5 Å². The molecule has 3 nitrogen and oxygen atoms in total. The summed E-state index contributed by atoms with van der Waals surface area (Å²) in [6, 6.07) is 0.788. The molecular weight excluding hydrogens is 355 g/mol. The summed E-state index contributed by atoms with van der Waals surface area (Å²) in [5.41, 5.74) is -3.92. The fourth-order valence-corrected chi connectivity index (χ4v) is 1.93. The van der Waals surface area contributed by atoms with E-state index in [4.69, 9.17) is 0 Å². The van der Waals surface area contributed by atoms with Crippen LogP contribution in [0, 0.1) is 63.8 Å². The van der Waals surface area contributed by atoms with E-state index in [1.54, 1.807) is 12.8 Å². The van der Waals surface area contributed by atoms with E-state index in [9.17, 15) is 13.2 Å². The Labute approximate surface area is 144 Å². The molecule has 1 aromatic rings. The summed E-state index contributed by atoms with van der Waals surface area (Å²) in [6.07, 6.45) is 18.7. The Morgan fingerprint density at radius 3 is 2.00 bits per heavy atom. The van der Waals surface area contributed by atoms with E-state index in [1.807, 2.05) is 44.9 Å². The fourth-order valence-electron chi connectivity index (χ4n) is 1.48. The zero-order valence-corrected chi connectivity index (χ0v) is 13.1. The third-order valence-electron chi connectivity index (χ3n) is 2.39. The molecule has 1 heterocycles. The van der Waals surface area contributed by atoms with Crippen molar-refractivity contribution in [1.29, 1.82) is 0 Å². The minimum atomic E-state index is -4.23. The van der Waals surface area contributed by atoms with Crippen LogP contribution in [0.3, 0.4) is 0 Å². The normalized spacial score (nSPS) is 18.7. The molecule has 0 spiro atoms. The summed E-state index contributed by atoms with van der Waals surface area (Å²) in [5.74, 6) is -0.218. The van der Waals surface area contributed by atoms with Crippen molar-refractivity contribution in [3.8, 4) is 0 Å². The average molecular weight is 367 g/mol. The van der Waals surface area contributed by atoms with Crippen LogP contribution in [0.4, 0.5) is 13.2 Å². The quantitative estimate of drug-likeness (QED) is 0.769. The molecule has 0 atom stereocenters. The Bertz CT molecular complexity index is 408.